The number of carbonyl (C=O) groups excluding carboxylic acids is 1. The maximum Gasteiger partial charge on any atom is 0.244 e. The van der Waals surface area contributed by atoms with Gasteiger partial charge in [0.05, 0.1) is 0 Å². The van der Waals surface area contributed by atoms with Gasteiger partial charge in [-0.1, -0.05) is 42.7 Å². The lowest BCUT2D eigenvalue weighted by Gasteiger charge is -2.31. The Morgan fingerprint density at radius 3 is 2.83 bits per heavy atom. The van der Waals surface area contributed by atoms with Gasteiger partial charge in [0.25, 0.3) is 0 Å². The summed E-state index contributed by atoms with van der Waals surface area (Å²) in [5.41, 5.74) is 2.70. The Hall–Kier alpha value is -2.17. The van der Waals surface area contributed by atoms with Gasteiger partial charge in [-0.2, -0.15) is 5.10 Å². The molecule has 5 heteroatoms. The molecule has 0 aliphatic heterocycles. The van der Waals surface area contributed by atoms with E-state index in [4.69, 9.17) is 0 Å². The van der Waals surface area contributed by atoms with Crippen LogP contribution in [0.3, 0.4) is 0 Å². The van der Waals surface area contributed by atoms with E-state index in [0.717, 1.165) is 12.8 Å². The molecule has 0 bridgehead atoms. The third-order valence-electron chi connectivity index (χ3n) is 5.00. The van der Waals surface area contributed by atoms with E-state index in [0.29, 0.717) is 6.54 Å². The van der Waals surface area contributed by atoms with Crippen LogP contribution in [0.2, 0.25) is 0 Å². The highest BCUT2D eigenvalue weighted by atomic mass is 16.2. The molecule has 0 spiro atoms. The summed E-state index contributed by atoms with van der Waals surface area (Å²) in [7, 11) is 0. The Bertz CT molecular complexity index is 659. The van der Waals surface area contributed by atoms with Crippen LogP contribution in [0, 0.1) is 6.92 Å². The second kappa shape index (κ2) is 6.52. The minimum absolute atomic E-state index is 0.00516. The molecule has 5 nitrogen and oxygen atoms in total. The molecule has 1 N–H and O–H groups in total. The van der Waals surface area contributed by atoms with Gasteiger partial charge in [0.1, 0.15) is 18.7 Å². The van der Waals surface area contributed by atoms with Gasteiger partial charge in [0, 0.05) is 12.0 Å². The van der Waals surface area contributed by atoms with E-state index in [1.54, 1.807) is 11.0 Å². The van der Waals surface area contributed by atoms with Crippen molar-refractivity contribution in [1.82, 2.24) is 20.1 Å². The highest BCUT2D eigenvalue weighted by molar-refractivity contribution is 5.79. The first-order valence-electron chi connectivity index (χ1n) is 8.30. The predicted octanol–water partition coefficient (Wildman–Crippen LogP) is 2.78. The number of nitrogens with one attached hydrogen (secondary N) is 1. The van der Waals surface area contributed by atoms with Crippen LogP contribution in [-0.4, -0.2) is 27.2 Å². The molecule has 0 saturated heterocycles. The third-order valence-corrected chi connectivity index (χ3v) is 5.00. The van der Waals surface area contributed by atoms with Gasteiger partial charge in [-0.15, -0.1) is 0 Å². The Morgan fingerprint density at radius 2 is 2.17 bits per heavy atom. The summed E-state index contributed by atoms with van der Waals surface area (Å²) in [5.74, 6) is -0.00516. The number of benzene rings is 1. The lowest BCUT2D eigenvalue weighted by atomic mass is 9.78. The Morgan fingerprint density at radius 1 is 1.39 bits per heavy atom. The van der Waals surface area contributed by atoms with Crippen LogP contribution in [0.4, 0.5) is 0 Å². The fourth-order valence-electron chi connectivity index (χ4n) is 3.54. The molecule has 1 saturated carbocycles. The van der Waals surface area contributed by atoms with E-state index in [1.165, 1.54) is 30.3 Å². The summed E-state index contributed by atoms with van der Waals surface area (Å²) < 4.78 is 1.59. The average Bonchev–Trinajstić information content (AvgIpc) is 3.24. The zero-order valence-corrected chi connectivity index (χ0v) is 13.8. The molecule has 1 aliphatic carbocycles. The van der Waals surface area contributed by atoms with Crippen LogP contribution in [0.25, 0.3) is 0 Å². The zero-order chi connectivity index (χ0) is 16.3. The molecule has 0 unspecified atom stereocenters. The summed E-state index contributed by atoms with van der Waals surface area (Å²) in [6.07, 6.45) is 7.75. The minimum Gasteiger partial charge on any atom is -0.353 e. The van der Waals surface area contributed by atoms with Crippen molar-refractivity contribution in [3.05, 3.63) is 48.0 Å². The molecule has 1 aromatic heterocycles. The number of carbonyl (C=O) groups is 1. The summed E-state index contributed by atoms with van der Waals surface area (Å²) in [5, 5.41) is 7.19. The number of rotatable bonds is 5. The van der Waals surface area contributed by atoms with Gasteiger partial charge in [-0.3, -0.25) is 4.79 Å². The predicted molar refractivity (Wildman–Crippen MR) is 89.1 cm³/mol. The molecule has 1 fully saturated rings. The Kier molecular flexibility index (Phi) is 4.46. The van der Waals surface area contributed by atoms with Gasteiger partial charge in [-0.25, -0.2) is 9.67 Å². The first kappa shape index (κ1) is 15.7. The second-order valence-corrected chi connectivity index (χ2v) is 6.63. The van der Waals surface area contributed by atoms with Crippen LogP contribution in [0.5, 0.6) is 0 Å². The van der Waals surface area contributed by atoms with Crippen molar-refractivity contribution in [3.63, 3.8) is 0 Å². The van der Waals surface area contributed by atoms with E-state index < -0.39 is 0 Å². The topological polar surface area (TPSA) is 59.8 Å². The van der Waals surface area contributed by atoms with Gasteiger partial charge in [-0.05, 0) is 32.3 Å². The number of hydrogen-bond donors (Lipinski definition) is 1. The SMILES string of the molecule is Cc1cccc(C2(CNC(=O)[C@@H](C)n3cncn3)CCCC2)c1. The van der Waals surface area contributed by atoms with E-state index in [1.807, 2.05) is 6.92 Å². The fraction of sp³-hybridized carbons (Fsp3) is 0.500. The van der Waals surface area contributed by atoms with Crippen LogP contribution in [-0.2, 0) is 10.2 Å². The van der Waals surface area contributed by atoms with Crippen molar-refractivity contribution in [2.75, 3.05) is 6.54 Å². The van der Waals surface area contributed by atoms with E-state index in [2.05, 4.69) is 46.6 Å². The molecule has 1 aromatic carbocycles. The van der Waals surface area contributed by atoms with Gasteiger partial charge in [0.15, 0.2) is 0 Å². The summed E-state index contributed by atoms with van der Waals surface area (Å²) in [6.45, 7) is 4.66. The van der Waals surface area contributed by atoms with Crippen LogP contribution in [0.1, 0.15) is 49.8 Å². The zero-order valence-electron chi connectivity index (χ0n) is 13.8. The smallest absolute Gasteiger partial charge is 0.244 e. The third kappa shape index (κ3) is 3.28. The van der Waals surface area contributed by atoms with Crippen LogP contribution < -0.4 is 5.32 Å². The molecule has 3 rings (SSSR count). The van der Waals surface area contributed by atoms with E-state index >= 15 is 0 Å². The molecule has 1 amide bonds. The first-order valence-corrected chi connectivity index (χ1v) is 8.30. The van der Waals surface area contributed by atoms with Crippen molar-refractivity contribution in [3.8, 4) is 0 Å². The van der Waals surface area contributed by atoms with Gasteiger partial charge >= 0.3 is 0 Å². The first-order chi connectivity index (χ1) is 11.1. The van der Waals surface area contributed by atoms with Gasteiger partial charge in [0.2, 0.25) is 5.91 Å². The van der Waals surface area contributed by atoms with Crippen molar-refractivity contribution in [2.24, 2.45) is 0 Å². The van der Waals surface area contributed by atoms with Gasteiger partial charge < -0.3 is 5.32 Å². The largest absolute Gasteiger partial charge is 0.353 e. The molecular weight excluding hydrogens is 288 g/mol. The molecule has 23 heavy (non-hydrogen) atoms. The lowest BCUT2D eigenvalue weighted by molar-refractivity contribution is -0.124. The number of nitrogens with zero attached hydrogens (tertiary/aromatic N) is 3. The summed E-state index contributed by atoms with van der Waals surface area (Å²) in [4.78, 5) is 16.3. The highest BCUT2D eigenvalue weighted by Crippen LogP contribution is 2.40. The number of aryl methyl sites for hydroxylation is 1. The second-order valence-electron chi connectivity index (χ2n) is 6.63. The van der Waals surface area contributed by atoms with Crippen molar-refractivity contribution in [1.29, 1.82) is 0 Å². The summed E-state index contributed by atoms with van der Waals surface area (Å²) >= 11 is 0. The number of amides is 1. The van der Waals surface area contributed by atoms with Crippen LogP contribution >= 0.6 is 0 Å². The summed E-state index contributed by atoms with van der Waals surface area (Å²) in [6, 6.07) is 8.36. The number of hydrogen-bond acceptors (Lipinski definition) is 3. The minimum atomic E-state index is -0.339. The van der Waals surface area contributed by atoms with Crippen LogP contribution in [0.15, 0.2) is 36.9 Å². The molecule has 0 radical (unpaired) electrons. The quantitative estimate of drug-likeness (QED) is 0.923. The maximum atomic E-state index is 12.4. The van der Waals surface area contributed by atoms with Crippen molar-refractivity contribution < 1.29 is 4.79 Å². The number of aromatic nitrogens is 3. The maximum absolute atomic E-state index is 12.4. The molecular formula is C18H24N4O. The normalized spacial score (nSPS) is 17.8. The molecule has 2 aromatic rings. The van der Waals surface area contributed by atoms with E-state index in [9.17, 15) is 4.79 Å². The Labute approximate surface area is 137 Å². The molecule has 122 valence electrons. The highest BCUT2D eigenvalue weighted by Gasteiger charge is 2.36. The Balaban J connectivity index is 1.72. The van der Waals surface area contributed by atoms with Crippen molar-refractivity contribution in [2.45, 2.75) is 51.0 Å². The standard InChI is InChI=1S/C18H24N4O/c1-14-6-5-7-16(10-14)18(8-3-4-9-18)11-20-17(23)15(2)22-13-19-12-21-22/h5-7,10,12-13,15H,3-4,8-9,11H2,1-2H3,(H,20,23)/t15-/m1/s1. The molecule has 1 atom stereocenters. The fourth-order valence-corrected chi connectivity index (χ4v) is 3.54. The lowest BCUT2D eigenvalue weighted by Crippen LogP contribution is -2.41. The average molecular weight is 312 g/mol. The van der Waals surface area contributed by atoms with Crippen molar-refractivity contribution >= 4 is 5.91 Å². The van der Waals surface area contributed by atoms with E-state index in [-0.39, 0.29) is 17.4 Å². The monoisotopic (exact) mass is 312 g/mol. The molecule has 1 aliphatic rings. The molecule has 1 heterocycles.